The first-order chi connectivity index (χ1) is 11.7. The summed E-state index contributed by atoms with van der Waals surface area (Å²) in [7, 11) is 0. The topological polar surface area (TPSA) is 57.6 Å². The van der Waals surface area contributed by atoms with Gasteiger partial charge in [0.05, 0.1) is 0 Å². The van der Waals surface area contributed by atoms with Crippen LogP contribution in [0.3, 0.4) is 0 Å². The third-order valence-corrected chi connectivity index (χ3v) is 4.64. The molecule has 1 atom stereocenters. The summed E-state index contributed by atoms with van der Waals surface area (Å²) >= 11 is 0. The average molecular weight is 323 g/mol. The van der Waals surface area contributed by atoms with E-state index in [0.717, 1.165) is 17.5 Å². The van der Waals surface area contributed by atoms with E-state index in [4.69, 9.17) is 0 Å². The van der Waals surface area contributed by atoms with Gasteiger partial charge in [0.25, 0.3) is 0 Å². The molecule has 2 aromatic carbocycles. The molecule has 1 aliphatic heterocycles. The Kier molecular flexibility index (Phi) is 4.94. The predicted octanol–water partition coefficient (Wildman–Crippen LogP) is 3.28. The van der Waals surface area contributed by atoms with Gasteiger partial charge in [-0.05, 0) is 24.0 Å². The van der Waals surface area contributed by atoms with E-state index >= 15 is 0 Å². The molecule has 1 heterocycles. The molecular weight excluding hydrogens is 302 g/mol. The van der Waals surface area contributed by atoms with E-state index in [1.807, 2.05) is 60.7 Å². The third-order valence-electron chi connectivity index (χ3n) is 4.64. The maximum Gasteiger partial charge on any atom is 0.326 e. The lowest BCUT2D eigenvalue weighted by atomic mass is 9.88. The fourth-order valence-corrected chi connectivity index (χ4v) is 3.41. The molecule has 0 aromatic heterocycles. The van der Waals surface area contributed by atoms with Crippen molar-refractivity contribution in [3.63, 3.8) is 0 Å². The van der Waals surface area contributed by atoms with E-state index in [0.29, 0.717) is 13.0 Å². The monoisotopic (exact) mass is 323 g/mol. The number of aliphatic carboxylic acids is 1. The fraction of sp³-hybridized carbons (Fsp3) is 0.300. The quantitative estimate of drug-likeness (QED) is 0.918. The zero-order valence-electron chi connectivity index (χ0n) is 13.5. The molecule has 1 aliphatic rings. The molecule has 2 aromatic rings. The Labute approximate surface area is 141 Å². The molecule has 4 nitrogen and oxygen atoms in total. The average Bonchev–Trinajstić information content (AvgIpc) is 3.11. The summed E-state index contributed by atoms with van der Waals surface area (Å²) < 4.78 is 0. The van der Waals surface area contributed by atoms with E-state index in [1.54, 1.807) is 0 Å². The Morgan fingerprint density at radius 2 is 1.54 bits per heavy atom. The Morgan fingerprint density at radius 3 is 2.04 bits per heavy atom. The number of hydrogen-bond acceptors (Lipinski definition) is 2. The van der Waals surface area contributed by atoms with E-state index in [9.17, 15) is 14.7 Å². The maximum atomic E-state index is 12.8. The molecule has 1 amide bonds. The number of benzene rings is 2. The van der Waals surface area contributed by atoms with Crippen molar-refractivity contribution in [2.45, 2.75) is 31.2 Å². The number of rotatable bonds is 5. The van der Waals surface area contributed by atoms with E-state index in [-0.39, 0.29) is 18.2 Å². The van der Waals surface area contributed by atoms with Crippen LogP contribution in [-0.2, 0) is 9.59 Å². The van der Waals surface area contributed by atoms with Crippen molar-refractivity contribution in [1.29, 1.82) is 0 Å². The van der Waals surface area contributed by atoms with Crippen molar-refractivity contribution in [1.82, 2.24) is 4.90 Å². The van der Waals surface area contributed by atoms with Crippen LogP contribution in [-0.4, -0.2) is 34.5 Å². The number of hydrogen-bond donors (Lipinski definition) is 1. The molecule has 0 unspecified atom stereocenters. The summed E-state index contributed by atoms with van der Waals surface area (Å²) in [6.07, 6.45) is 1.59. The highest BCUT2D eigenvalue weighted by atomic mass is 16.4. The minimum absolute atomic E-state index is 0.0602. The minimum Gasteiger partial charge on any atom is -0.480 e. The molecule has 1 fully saturated rings. The van der Waals surface area contributed by atoms with Crippen LogP contribution < -0.4 is 0 Å². The second-order valence-electron chi connectivity index (χ2n) is 6.16. The second-order valence-corrected chi connectivity index (χ2v) is 6.16. The summed E-state index contributed by atoms with van der Waals surface area (Å²) in [4.78, 5) is 25.7. The van der Waals surface area contributed by atoms with Crippen LogP contribution in [0.1, 0.15) is 36.3 Å². The fourth-order valence-electron chi connectivity index (χ4n) is 3.41. The number of carboxylic acids is 1. The van der Waals surface area contributed by atoms with Gasteiger partial charge in [0.2, 0.25) is 5.91 Å². The first kappa shape index (κ1) is 16.2. The van der Waals surface area contributed by atoms with E-state index < -0.39 is 12.0 Å². The van der Waals surface area contributed by atoms with Crippen LogP contribution >= 0.6 is 0 Å². The van der Waals surface area contributed by atoms with Crippen LogP contribution in [0.5, 0.6) is 0 Å². The highest BCUT2D eigenvalue weighted by Gasteiger charge is 2.34. The summed E-state index contributed by atoms with van der Waals surface area (Å²) in [5.41, 5.74) is 2.14. The number of carbonyl (C=O) groups is 2. The summed E-state index contributed by atoms with van der Waals surface area (Å²) in [5.74, 6) is -1.05. The van der Waals surface area contributed by atoms with Crippen molar-refractivity contribution in [3.8, 4) is 0 Å². The Morgan fingerprint density at radius 1 is 1.00 bits per heavy atom. The van der Waals surface area contributed by atoms with Gasteiger partial charge in [-0.3, -0.25) is 4.79 Å². The van der Waals surface area contributed by atoms with E-state index in [1.165, 1.54) is 4.90 Å². The van der Waals surface area contributed by atoms with Crippen LogP contribution in [0, 0.1) is 0 Å². The van der Waals surface area contributed by atoms with Crippen molar-refractivity contribution in [2.24, 2.45) is 0 Å². The summed E-state index contributed by atoms with van der Waals surface area (Å²) in [6, 6.07) is 19.2. The molecule has 0 spiro atoms. The molecule has 24 heavy (non-hydrogen) atoms. The largest absolute Gasteiger partial charge is 0.480 e. The Bertz CT molecular complexity index is 660. The standard InChI is InChI=1S/C20H21NO3/c22-19(21-13-7-12-18(21)20(23)24)14-17(15-8-3-1-4-9-15)16-10-5-2-6-11-16/h1-6,8-11,17-18H,7,12-14H2,(H,23,24)/t18-/m0/s1. The van der Waals surface area contributed by atoms with Crippen LogP contribution in [0.2, 0.25) is 0 Å². The predicted molar refractivity (Wildman–Crippen MR) is 91.7 cm³/mol. The SMILES string of the molecule is O=C(O)[C@@H]1CCCN1C(=O)CC(c1ccccc1)c1ccccc1. The van der Waals surface area contributed by atoms with Gasteiger partial charge in [-0.2, -0.15) is 0 Å². The van der Waals surface area contributed by atoms with Crippen molar-refractivity contribution >= 4 is 11.9 Å². The van der Waals surface area contributed by atoms with Crippen LogP contribution in [0.25, 0.3) is 0 Å². The second kappa shape index (κ2) is 7.30. The third kappa shape index (κ3) is 3.48. The first-order valence-electron chi connectivity index (χ1n) is 8.29. The summed E-state index contributed by atoms with van der Waals surface area (Å²) in [6.45, 7) is 0.534. The number of nitrogens with zero attached hydrogens (tertiary/aromatic N) is 1. The Hall–Kier alpha value is -2.62. The smallest absolute Gasteiger partial charge is 0.326 e. The highest BCUT2D eigenvalue weighted by Crippen LogP contribution is 2.30. The van der Waals surface area contributed by atoms with Gasteiger partial charge in [0.15, 0.2) is 0 Å². The van der Waals surface area contributed by atoms with Gasteiger partial charge in [-0.15, -0.1) is 0 Å². The molecule has 1 N–H and O–H groups in total. The highest BCUT2D eigenvalue weighted by molar-refractivity contribution is 5.85. The van der Waals surface area contributed by atoms with Gasteiger partial charge in [-0.25, -0.2) is 4.79 Å². The molecule has 1 saturated heterocycles. The summed E-state index contributed by atoms with van der Waals surface area (Å²) in [5, 5.41) is 9.31. The van der Waals surface area contributed by atoms with E-state index in [2.05, 4.69) is 0 Å². The normalized spacial score (nSPS) is 17.2. The van der Waals surface area contributed by atoms with Gasteiger partial charge < -0.3 is 10.0 Å². The van der Waals surface area contributed by atoms with Crippen LogP contribution in [0.15, 0.2) is 60.7 Å². The molecule has 3 rings (SSSR count). The molecule has 4 heteroatoms. The van der Waals surface area contributed by atoms with Gasteiger partial charge in [-0.1, -0.05) is 60.7 Å². The van der Waals surface area contributed by atoms with Crippen molar-refractivity contribution in [3.05, 3.63) is 71.8 Å². The molecule has 0 saturated carbocycles. The minimum atomic E-state index is -0.906. The molecular formula is C20H21NO3. The maximum absolute atomic E-state index is 12.8. The van der Waals surface area contributed by atoms with Gasteiger partial charge in [0, 0.05) is 18.9 Å². The Balaban J connectivity index is 1.85. The number of carboxylic acid groups (broad SMARTS) is 1. The zero-order valence-corrected chi connectivity index (χ0v) is 13.5. The number of amides is 1. The number of likely N-dealkylation sites (tertiary alicyclic amines) is 1. The molecule has 0 aliphatic carbocycles. The lowest BCUT2D eigenvalue weighted by Gasteiger charge is -2.25. The van der Waals surface area contributed by atoms with Crippen molar-refractivity contribution < 1.29 is 14.7 Å². The van der Waals surface area contributed by atoms with Gasteiger partial charge >= 0.3 is 5.97 Å². The molecule has 0 bridgehead atoms. The van der Waals surface area contributed by atoms with Crippen LogP contribution in [0.4, 0.5) is 0 Å². The van der Waals surface area contributed by atoms with Gasteiger partial charge in [0.1, 0.15) is 6.04 Å². The zero-order chi connectivity index (χ0) is 16.9. The number of carbonyl (C=O) groups excluding carboxylic acids is 1. The first-order valence-corrected chi connectivity index (χ1v) is 8.29. The van der Waals surface area contributed by atoms with Crippen molar-refractivity contribution in [2.75, 3.05) is 6.54 Å². The molecule has 124 valence electrons. The lowest BCUT2D eigenvalue weighted by molar-refractivity contribution is -0.148. The lowest BCUT2D eigenvalue weighted by Crippen LogP contribution is -2.40. The molecule has 0 radical (unpaired) electrons.